The molecule has 0 saturated heterocycles. The minimum absolute atomic E-state index is 0.596. The van der Waals surface area contributed by atoms with Crippen LogP contribution in [0, 0.1) is 13.8 Å². The van der Waals surface area contributed by atoms with Crippen LogP contribution in [0.1, 0.15) is 16.8 Å². The Kier molecular flexibility index (Phi) is 4.89. The average Bonchev–Trinajstić information content (AvgIpc) is 2.42. The fourth-order valence-corrected chi connectivity index (χ4v) is 2.61. The molecule has 1 N–H and O–H groups in total. The van der Waals surface area contributed by atoms with Crippen molar-refractivity contribution < 1.29 is 4.74 Å². The van der Waals surface area contributed by atoms with E-state index in [1.165, 1.54) is 0 Å². The van der Waals surface area contributed by atoms with E-state index < -0.39 is 0 Å². The molecular weight excluding hydrogens is 340 g/mol. The molecule has 0 spiro atoms. The second-order valence-corrected chi connectivity index (χ2v) is 5.85. The van der Waals surface area contributed by atoms with Crippen LogP contribution in [0.3, 0.4) is 0 Å². The molecule has 0 aliphatic heterocycles. The largest absolute Gasteiger partial charge is 0.496 e. The van der Waals surface area contributed by atoms with Crippen molar-refractivity contribution >= 4 is 33.2 Å². The van der Waals surface area contributed by atoms with Crippen LogP contribution in [0.25, 0.3) is 0 Å². The Labute approximate surface area is 132 Å². The number of halogens is 2. The first kappa shape index (κ1) is 15.1. The molecule has 20 heavy (non-hydrogen) atoms. The number of hydrogen-bond donors (Lipinski definition) is 1. The van der Waals surface area contributed by atoms with Gasteiger partial charge in [0.05, 0.1) is 30.1 Å². The van der Waals surface area contributed by atoms with Gasteiger partial charge in [0.2, 0.25) is 0 Å². The summed E-state index contributed by atoms with van der Waals surface area (Å²) in [5.41, 5.74) is 3.91. The molecule has 5 heteroatoms. The van der Waals surface area contributed by atoms with Crippen molar-refractivity contribution in [1.29, 1.82) is 0 Å². The van der Waals surface area contributed by atoms with Crippen molar-refractivity contribution in [1.82, 2.24) is 4.98 Å². The number of ether oxygens (including phenoxy) is 1. The van der Waals surface area contributed by atoms with Crippen LogP contribution in [0.4, 0.5) is 5.69 Å². The maximum absolute atomic E-state index is 6.16. The predicted octanol–water partition coefficient (Wildman–Crippen LogP) is 4.74. The lowest BCUT2D eigenvalue weighted by molar-refractivity contribution is 0.407. The van der Waals surface area contributed by atoms with E-state index in [0.717, 1.165) is 32.7 Å². The summed E-state index contributed by atoms with van der Waals surface area (Å²) in [6, 6.07) is 5.71. The second-order valence-electron chi connectivity index (χ2n) is 4.52. The monoisotopic (exact) mass is 354 g/mol. The van der Waals surface area contributed by atoms with Crippen molar-refractivity contribution in [3.05, 3.63) is 50.7 Å². The topological polar surface area (TPSA) is 34.1 Å². The van der Waals surface area contributed by atoms with Gasteiger partial charge in [-0.15, -0.1) is 0 Å². The number of aryl methyl sites for hydroxylation is 1. The summed E-state index contributed by atoms with van der Waals surface area (Å²) in [6.07, 6.45) is 1.82. The summed E-state index contributed by atoms with van der Waals surface area (Å²) in [5.74, 6) is 0.886. The van der Waals surface area contributed by atoms with Gasteiger partial charge in [-0.25, -0.2) is 0 Å². The molecule has 0 unspecified atom stereocenters. The predicted molar refractivity (Wildman–Crippen MR) is 86.7 cm³/mol. The number of hydrogen-bond acceptors (Lipinski definition) is 3. The molecule has 0 bridgehead atoms. The first-order chi connectivity index (χ1) is 9.52. The van der Waals surface area contributed by atoms with Crippen molar-refractivity contribution in [3.63, 3.8) is 0 Å². The summed E-state index contributed by atoms with van der Waals surface area (Å²) >= 11 is 9.59. The van der Waals surface area contributed by atoms with E-state index in [1.807, 2.05) is 38.2 Å². The Hall–Kier alpha value is -1.26. The van der Waals surface area contributed by atoms with Crippen LogP contribution in [0.2, 0.25) is 5.02 Å². The number of aromatic nitrogens is 1. The van der Waals surface area contributed by atoms with E-state index in [2.05, 4.69) is 26.2 Å². The van der Waals surface area contributed by atoms with Gasteiger partial charge in [0.1, 0.15) is 5.75 Å². The highest BCUT2D eigenvalue weighted by molar-refractivity contribution is 9.10. The van der Waals surface area contributed by atoms with Gasteiger partial charge in [-0.2, -0.15) is 0 Å². The van der Waals surface area contributed by atoms with Crippen LogP contribution in [-0.4, -0.2) is 12.1 Å². The van der Waals surface area contributed by atoms with Gasteiger partial charge < -0.3 is 10.1 Å². The third kappa shape index (κ3) is 3.25. The SMILES string of the molecule is COc1c(C)cnc(CNc2cc(Br)ccc2Cl)c1C. The summed E-state index contributed by atoms with van der Waals surface area (Å²) < 4.78 is 6.39. The standard InChI is InChI=1S/C15H16BrClN2O/c1-9-7-18-14(10(2)15(9)20-3)8-19-13-6-11(16)4-5-12(13)17/h4-7,19H,8H2,1-3H3. The van der Waals surface area contributed by atoms with Gasteiger partial charge in [0.15, 0.2) is 0 Å². The summed E-state index contributed by atoms with van der Waals surface area (Å²) in [7, 11) is 1.68. The van der Waals surface area contributed by atoms with Crippen LogP contribution < -0.4 is 10.1 Å². The molecule has 0 aliphatic carbocycles. The number of anilines is 1. The molecule has 0 amide bonds. The maximum Gasteiger partial charge on any atom is 0.128 e. The number of benzene rings is 1. The molecule has 0 radical (unpaired) electrons. The maximum atomic E-state index is 6.16. The lowest BCUT2D eigenvalue weighted by Crippen LogP contribution is -2.06. The number of rotatable bonds is 4. The molecule has 106 valence electrons. The highest BCUT2D eigenvalue weighted by atomic mass is 79.9. The minimum Gasteiger partial charge on any atom is -0.496 e. The Balaban J connectivity index is 2.21. The quantitative estimate of drug-likeness (QED) is 0.860. The summed E-state index contributed by atoms with van der Waals surface area (Å²) in [5, 5.41) is 3.99. The van der Waals surface area contributed by atoms with Crippen LogP contribution in [0.15, 0.2) is 28.9 Å². The van der Waals surface area contributed by atoms with Gasteiger partial charge >= 0.3 is 0 Å². The van der Waals surface area contributed by atoms with E-state index in [9.17, 15) is 0 Å². The molecule has 0 atom stereocenters. The third-order valence-electron chi connectivity index (χ3n) is 3.12. The normalized spacial score (nSPS) is 10.4. The Morgan fingerprint density at radius 3 is 2.80 bits per heavy atom. The van der Waals surface area contributed by atoms with E-state index >= 15 is 0 Å². The molecular formula is C15H16BrClN2O. The molecule has 1 aromatic carbocycles. The van der Waals surface area contributed by atoms with E-state index in [4.69, 9.17) is 16.3 Å². The highest BCUT2D eigenvalue weighted by Crippen LogP contribution is 2.28. The zero-order valence-corrected chi connectivity index (χ0v) is 14.0. The number of nitrogens with zero attached hydrogens (tertiary/aromatic N) is 1. The Morgan fingerprint density at radius 2 is 2.10 bits per heavy atom. The number of pyridine rings is 1. The zero-order valence-electron chi connectivity index (χ0n) is 11.6. The van der Waals surface area contributed by atoms with Crippen LogP contribution in [-0.2, 0) is 6.54 Å². The molecule has 2 aromatic rings. The fraction of sp³-hybridized carbons (Fsp3) is 0.267. The smallest absolute Gasteiger partial charge is 0.128 e. The van der Waals surface area contributed by atoms with E-state index in [1.54, 1.807) is 7.11 Å². The third-order valence-corrected chi connectivity index (χ3v) is 3.95. The van der Waals surface area contributed by atoms with Crippen molar-refractivity contribution in [2.24, 2.45) is 0 Å². The van der Waals surface area contributed by atoms with Crippen molar-refractivity contribution in [2.75, 3.05) is 12.4 Å². The lowest BCUT2D eigenvalue weighted by atomic mass is 10.1. The second kappa shape index (κ2) is 6.46. The fourth-order valence-electron chi connectivity index (χ4n) is 2.06. The van der Waals surface area contributed by atoms with E-state index in [0.29, 0.717) is 11.6 Å². The van der Waals surface area contributed by atoms with Crippen molar-refractivity contribution in [3.8, 4) is 5.75 Å². The molecule has 1 aromatic heterocycles. The van der Waals surface area contributed by atoms with Gasteiger partial charge in [-0.3, -0.25) is 4.98 Å². The molecule has 2 rings (SSSR count). The molecule has 0 aliphatic rings. The first-order valence-corrected chi connectivity index (χ1v) is 7.38. The highest BCUT2D eigenvalue weighted by Gasteiger charge is 2.10. The van der Waals surface area contributed by atoms with Gasteiger partial charge in [0.25, 0.3) is 0 Å². The van der Waals surface area contributed by atoms with Crippen LogP contribution >= 0.6 is 27.5 Å². The molecule has 0 saturated carbocycles. The zero-order chi connectivity index (χ0) is 14.7. The van der Waals surface area contributed by atoms with Gasteiger partial charge in [-0.05, 0) is 32.0 Å². The first-order valence-electron chi connectivity index (χ1n) is 6.21. The molecule has 0 fully saturated rings. The average molecular weight is 356 g/mol. The van der Waals surface area contributed by atoms with Crippen LogP contribution in [0.5, 0.6) is 5.75 Å². The van der Waals surface area contributed by atoms with E-state index in [-0.39, 0.29) is 0 Å². The molecule has 3 nitrogen and oxygen atoms in total. The summed E-state index contributed by atoms with van der Waals surface area (Å²) in [6.45, 7) is 4.60. The minimum atomic E-state index is 0.596. The van der Waals surface area contributed by atoms with Crippen molar-refractivity contribution in [2.45, 2.75) is 20.4 Å². The molecule has 1 heterocycles. The Morgan fingerprint density at radius 1 is 1.35 bits per heavy atom. The lowest BCUT2D eigenvalue weighted by Gasteiger charge is -2.14. The number of nitrogens with one attached hydrogen (secondary N) is 1. The number of methoxy groups -OCH3 is 1. The van der Waals surface area contributed by atoms with Gasteiger partial charge in [-0.1, -0.05) is 27.5 Å². The summed E-state index contributed by atoms with van der Waals surface area (Å²) in [4.78, 5) is 4.46. The Bertz CT molecular complexity index is 632. The van der Waals surface area contributed by atoms with Gasteiger partial charge in [0, 0.05) is 21.8 Å².